The van der Waals surface area contributed by atoms with Crippen LogP contribution in [-0.2, 0) is 35.0 Å². The average molecular weight is 444 g/mol. The van der Waals surface area contributed by atoms with E-state index in [4.69, 9.17) is 23.5 Å². The van der Waals surface area contributed by atoms with Gasteiger partial charge in [0.25, 0.3) is 0 Å². The van der Waals surface area contributed by atoms with Gasteiger partial charge in [0.1, 0.15) is 18.8 Å². The van der Waals surface area contributed by atoms with E-state index in [0.717, 1.165) is 11.1 Å². The second kappa shape index (κ2) is 11.0. The minimum Gasteiger partial charge on any atom is -0.463 e. The Kier molecular flexibility index (Phi) is 8.13. The Morgan fingerprint density at radius 3 is 2.56 bits per heavy atom. The Morgan fingerprint density at radius 1 is 1.12 bits per heavy atom. The Morgan fingerprint density at radius 2 is 1.88 bits per heavy atom. The standard InChI is InChI=1S/C23H28N2O7/c1-14-5-8-18(9-6-14)23-24-21(32-25-23)11-7-15(2)29-22-12-10-19(30-17(4)27)20(31-22)13-28-16(3)26/h5-6,8-10,12,15,19-20,22H,7,11,13H2,1-4H3/t15-,19+,20-,22+/m1/s1. The van der Waals surface area contributed by atoms with Gasteiger partial charge in [-0.25, -0.2) is 0 Å². The summed E-state index contributed by atoms with van der Waals surface area (Å²) in [6.45, 7) is 6.50. The van der Waals surface area contributed by atoms with Crippen LogP contribution in [0.1, 0.15) is 38.6 Å². The fraction of sp³-hybridized carbons (Fsp3) is 0.478. The lowest BCUT2D eigenvalue weighted by atomic mass is 10.1. The number of aromatic nitrogens is 2. The fourth-order valence-electron chi connectivity index (χ4n) is 3.14. The minimum absolute atomic E-state index is 0.0460. The second-order valence-corrected chi connectivity index (χ2v) is 7.67. The molecule has 172 valence electrons. The van der Waals surface area contributed by atoms with Crippen LogP contribution in [0.5, 0.6) is 0 Å². The normalized spacial score (nSPS) is 21.2. The number of benzene rings is 1. The van der Waals surface area contributed by atoms with Crippen LogP contribution < -0.4 is 0 Å². The molecule has 0 radical (unpaired) electrons. The number of rotatable bonds is 9. The van der Waals surface area contributed by atoms with E-state index in [1.807, 2.05) is 38.1 Å². The van der Waals surface area contributed by atoms with Gasteiger partial charge in [-0.1, -0.05) is 35.0 Å². The highest BCUT2D eigenvalue weighted by Crippen LogP contribution is 2.21. The van der Waals surface area contributed by atoms with Gasteiger partial charge in [-0.05, 0) is 32.4 Å². The molecule has 2 aromatic rings. The largest absolute Gasteiger partial charge is 0.463 e. The Balaban J connectivity index is 1.51. The molecule has 0 aliphatic carbocycles. The van der Waals surface area contributed by atoms with Crippen molar-refractivity contribution in [1.29, 1.82) is 0 Å². The summed E-state index contributed by atoms with van der Waals surface area (Å²) in [4.78, 5) is 26.9. The van der Waals surface area contributed by atoms with Crippen molar-refractivity contribution in [1.82, 2.24) is 10.1 Å². The smallest absolute Gasteiger partial charge is 0.303 e. The highest BCUT2D eigenvalue weighted by Gasteiger charge is 2.31. The van der Waals surface area contributed by atoms with Gasteiger partial charge in [0, 0.05) is 25.8 Å². The van der Waals surface area contributed by atoms with Crippen molar-refractivity contribution in [3.63, 3.8) is 0 Å². The molecule has 1 aliphatic heterocycles. The van der Waals surface area contributed by atoms with Crippen molar-refractivity contribution in [3.8, 4) is 11.4 Å². The van der Waals surface area contributed by atoms with E-state index in [0.29, 0.717) is 24.6 Å². The van der Waals surface area contributed by atoms with E-state index in [2.05, 4.69) is 10.1 Å². The SMILES string of the molecule is CC(=O)OC[C@H]1O[C@H](O[C@H](C)CCc2nc(-c3ccc(C)cc3)no2)C=C[C@@H]1OC(C)=O. The molecule has 0 fully saturated rings. The maximum Gasteiger partial charge on any atom is 0.303 e. The maximum absolute atomic E-state index is 11.3. The molecule has 9 heteroatoms. The van der Waals surface area contributed by atoms with Crippen LogP contribution in [0.15, 0.2) is 40.9 Å². The number of hydrogen-bond acceptors (Lipinski definition) is 9. The molecule has 0 bridgehead atoms. The summed E-state index contributed by atoms with van der Waals surface area (Å²) in [6.07, 6.45) is 2.38. The van der Waals surface area contributed by atoms with E-state index >= 15 is 0 Å². The van der Waals surface area contributed by atoms with Gasteiger partial charge in [-0.15, -0.1) is 0 Å². The molecular formula is C23H28N2O7. The molecule has 4 atom stereocenters. The quantitative estimate of drug-likeness (QED) is 0.425. The predicted molar refractivity (Wildman–Crippen MR) is 113 cm³/mol. The number of hydrogen-bond donors (Lipinski definition) is 0. The molecule has 3 rings (SSSR count). The fourth-order valence-corrected chi connectivity index (χ4v) is 3.14. The molecule has 2 heterocycles. The first-order chi connectivity index (χ1) is 15.3. The van der Waals surface area contributed by atoms with Crippen LogP contribution in [0, 0.1) is 6.92 Å². The number of esters is 2. The summed E-state index contributed by atoms with van der Waals surface area (Å²) >= 11 is 0. The van der Waals surface area contributed by atoms with E-state index in [1.54, 1.807) is 12.2 Å². The zero-order valence-electron chi connectivity index (χ0n) is 18.6. The summed E-state index contributed by atoms with van der Waals surface area (Å²) in [5.74, 6) is 0.184. The summed E-state index contributed by atoms with van der Waals surface area (Å²) < 4.78 is 27.4. The van der Waals surface area contributed by atoms with Crippen LogP contribution >= 0.6 is 0 Å². The molecule has 0 N–H and O–H groups in total. The molecule has 0 unspecified atom stereocenters. The summed E-state index contributed by atoms with van der Waals surface area (Å²) in [5, 5.41) is 4.04. The minimum atomic E-state index is -0.664. The van der Waals surface area contributed by atoms with Gasteiger partial charge in [-0.3, -0.25) is 9.59 Å². The first-order valence-corrected chi connectivity index (χ1v) is 10.5. The summed E-state index contributed by atoms with van der Waals surface area (Å²) in [6, 6.07) is 7.91. The van der Waals surface area contributed by atoms with Crippen molar-refractivity contribution in [3.05, 3.63) is 47.9 Å². The highest BCUT2D eigenvalue weighted by atomic mass is 16.7. The lowest BCUT2D eigenvalue weighted by molar-refractivity contribution is -0.208. The number of nitrogens with zero attached hydrogens (tertiary/aromatic N) is 2. The Bertz CT molecular complexity index is 938. The van der Waals surface area contributed by atoms with Crippen LogP contribution in [0.3, 0.4) is 0 Å². The molecule has 9 nitrogen and oxygen atoms in total. The molecule has 1 aliphatic rings. The number of ether oxygens (including phenoxy) is 4. The van der Waals surface area contributed by atoms with Crippen LogP contribution in [0.25, 0.3) is 11.4 Å². The van der Waals surface area contributed by atoms with Gasteiger partial charge < -0.3 is 23.5 Å². The van der Waals surface area contributed by atoms with Crippen molar-refractivity contribution in [2.75, 3.05) is 6.61 Å². The van der Waals surface area contributed by atoms with Crippen molar-refractivity contribution in [2.24, 2.45) is 0 Å². The van der Waals surface area contributed by atoms with E-state index in [1.165, 1.54) is 13.8 Å². The Labute approximate surface area is 186 Å². The summed E-state index contributed by atoms with van der Waals surface area (Å²) in [5.41, 5.74) is 2.06. The molecule has 0 amide bonds. The molecule has 32 heavy (non-hydrogen) atoms. The Hall–Kier alpha value is -3.04. The highest BCUT2D eigenvalue weighted by molar-refractivity contribution is 5.67. The molecule has 0 saturated heterocycles. The molecule has 1 aromatic carbocycles. The van der Waals surface area contributed by atoms with E-state index in [-0.39, 0.29) is 12.7 Å². The molecule has 1 aromatic heterocycles. The van der Waals surface area contributed by atoms with Gasteiger partial charge >= 0.3 is 11.9 Å². The third-order valence-electron chi connectivity index (χ3n) is 4.80. The van der Waals surface area contributed by atoms with Gasteiger partial charge in [0.05, 0.1) is 6.10 Å². The van der Waals surface area contributed by atoms with Crippen LogP contribution in [-0.4, -0.2) is 53.3 Å². The van der Waals surface area contributed by atoms with Crippen molar-refractivity contribution < 1.29 is 33.1 Å². The van der Waals surface area contributed by atoms with E-state index in [9.17, 15) is 9.59 Å². The maximum atomic E-state index is 11.3. The van der Waals surface area contributed by atoms with E-state index < -0.39 is 30.4 Å². The number of carbonyl (C=O) groups is 2. The topological polar surface area (TPSA) is 110 Å². The second-order valence-electron chi connectivity index (χ2n) is 7.67. The van der Waals surface area contributed by atoms with Crippen molar-refractivity contribution >= 4 is 11.9 Å². The zero-order chi connectivity index (χ0) is 23.1. The third kappa shape index (κ3) is 7.00. The number of carbonyl (C=O) groups excluding carboxylic acids is 2. The molecular weight excluding hydrogens is 416 g/mol. The predicted octanol–water partition coefficient (Wildman–Crippen LogP) is 3.16. The summed E-state index contributed by atoms with van der Waals surface area (Å²) in [7, 11) is 0. The lowest BCUT2D eigenvalue weighted by Gasteiger charge is -2.32. The third-order valence-corrected chi connectivity index (χ3v) is 4.80. The monoisotopic (exact) mass is 444 g/mol. The lowest BCUT2D eigenvalue weighted by Crippen LogP contribution is -2.42. The first kappa shape index (κ1) is 23.6. The van der Waals surface area contributed by atoms with Gasteiger partial charge in [-0.2, -0.15) is 4.98 Å². The molecule has 0 spiro atoms. The van der Waals surface area contributed by atoms with Crippen LogP contribution in [0.4, 0.5) is 0 Å². The molecule has 0 saturated carbocycles. The van der Waals surface area contributed by atoms with Gasteiger partial charge in [0.2, 0.25) is 11.7 Å². The number of aryl methyl sites for hydroxylation is 2. The van der Waals surface area contributed by atoms with Gasteiger partial charge in [0.15, 0.2) is 6.29 Å². The van der Waals surface area contributed by atoms with Crippen molar-refractivity contribution in [2.45, 2.75) is 65.1 Å². The van der Waals surface area contributed by atoms with Crippen LogP contribution in [0.2, 0.25) is 0 Å². The average Bonchev–Trinajstić information content (AvgIpc) is 3.21. The zero-order valence-corrected chi connectivity index (χ0v) is 18.6. The first-order valence-electron chi connectivity index (χ1n) is 10.5.